The van der Waals surface area contributed by atoms with E-state index in [4.69, 9.17) is 4.74 Å². The monoisotopic (exact) mass is 406 g/mol. The zero-order valence-electron chi connectivity index (χ0n) is 15.5. The number of anilines is 1. The van der Waals surface area contributed by atoms with E-state index in [0.29, 0.717) is 16.0 Å². The molecule has 9 heteroatoms. The molecule has 1 atom stereocenters. The summed E-state index contributed by atoms with van der Waals surface area (Å²) in [5.74, 6) is 0.636. The standard InChI is InChI=1S/C18H22N4O3S2/c1-11(16(24)19-10-13-6-4-5-7-15(13)25-3)26-18-21-20-17(27-18)22(12(2)23)14-8-9-14/h4-7,11,14H,8-10H2,1-3H3,(H,19,24). The number of hydrogen-bond donors (Lipinski definition) is 1. The number of amides is 2. The number of nitrogens with one attached hydrogen (secondary N) is 1. The molecule has 1 aliphatic carbocycles. The molecule has 0 aliphatic heterocycles. The molecule has 3 rings (SSSR count). The molecular formula is C18H22N4O3S2. The Morgan fingerprint density at radius 2 is 2.11 bits per heavy atom. The third-order valence-electron chi connectivity index (χ3n) is 4.15. The lowest BCUT2D eigenvalue weighted by atomic mass is 10.2. The van der Waals surface area contributed by atoms with Gasteiger partial charge >= 0.3 is 0 Å². The van der Waals surface area contributed by atoms with Gasteiger partial charge in [0.25, 0.3) is 0 Å². The summed E-state index contributed by atoms with van der Waals surface area (Å²) < 4.78 is 5.97. The molecule has 1 saturated carbocycles. The Bertz CT molecular complexity index is 822. The highest BCUT2D eigenvalue weighted by Gasteiger charge is 2.34. The van der Waals surface area contributed by atoms with Gasteiger partial charge in [-0.05, 0) is 25.8 Å². The van der Waals surface area contributed by atoms with Crippen LogP contribution >= 0.6 is 23.1 Å². The van der Waals surface area contributed by atoms with Gasteiger partial charge in [0.1, 0.15) is 5.75 Å². The van der Waals surface area contributed by atoms with Crippen LogP contribution in [0.4, 0.5) is 5.13 Å². The Hall–Kier alpha value is -2.13. The quantitative estimate of drug-likeness (QED) is 0.536. The molecule has 1 aromatic heterocycles. The number of ether oxygens (including phenoxy) is 1. The van der Waals surface area contributed by atoms with Gasteiger partial charge in [-0.2, -0.15) is 0 Å². The van der Waals surface area contributed by atoms with E-state index < -0.39 is 0 Å². The minimum absolute atomic E-state index is 0.0206. The fraction of sp³-hybridized carbons (Fsp3) is 0.444. The minimum atomic E-state index is -0.327. The number of rotatable bonds is 8. The number of hydrogen-bond acceptors (Lipinski definition) is 7. The molecular weight excluding hydrogens is 384 g/mol. The van der Waals surface area contributed by atoms with Crippen molar-refractivity contribution in [2.75, 3.05) is 12.0 Å². The van der Waals surface area contributed by atoms with Crippen molar-refractivity contribution in [3.05, 3.63) is 29.8 Å². The molecule has 1 aliphatic rings. The summed E-state index contributed by atoms with van der Waals surface area (Å²) in [5.41, 5.74) is 0.922. The zero-order valence-corrected chi connectivity index (χ0v) is 17.1. The van der Waals surface area contributed by atoms with Crippen LogP contribution in [-0.2, 0) is 16.1 Å². The predicted octanol–water partition coefficient (Wildman–Crippen LogP) is 2.86. The van der Waals surface area contributed by atoms with E-state index in [-0.39, 0.29) is 23.1 Å². The van der Waals surface area contributed by atoms with Gasteiger partial charge < -0.3 is 10.1 Å². The lowest BCUT2D eigenvalue weighted by Gasteiger charge is -2.15. The second-order valence-corrected chi connectivity index (χ2v) is 8.80. The van der Waals surface area contributed by atoms with Crippen LogP contribution in [0.2, 0.25) is 0 Å². The van der Waals surface area contributed by atoms with Gasteiger partial charge in [0.15, 0.2) is 4.34 Å². The van der Waals surface area contributed by atoms with Gasteiger partial charge in [0, 0.05) is 25.1 Å². The van der Waals surface area contributed by atoms with Gasteiger partial charge in [-0.1, -0.05) is 41.3 Å². The Kier molecular flexibility index (Phi) is 6.33. The molecule has 1 aromatic carbocycles. The van der Waals surface area contributed by atoms with Crippen molar-refractivity contribution in [1.29, 1.82) is 0 Å². The molecule has 2 aromatic rings. The van der Waals surface area contributed by atoms with Crippen molar-refractivity contribution in [3.63, 3.8) is 0 Å². The van der Waals surface area contributed by atoms with Crippen LogP contribution in [0.15, 0.2) is 28.6 Å². The highest BCUT2D eigenvalue weighted by molar-refractivity contribution is 8.02. The summed E-state index contributed by atoms with van der Waals surface area (Å²) >= 11 is 2.69. The molecule has 0 saturated heterocycles. The van der Waals surface area contributed by atoms with Crippen molar-refractivity contribution >= 4 is 40.0 Å². The topological polar surface area (TPSA) is 84.4 Å². The smallest absolute Gasteiger partial charge is 0.233 e. The Morgan fingerprint density at radius 3 is 2.78 bits per heavy atom. The first-order chi connectivity index (χ1) is 13.0. The first-order valence-corrected chi connectivity index (χ1v) is 10.4. The van der Waals surface area contributed by atoms with Gasteiger partial charge in [0.05, 0.1) is 12.4 Å². The summed E-state index contributed by atoms with van der Waals surface area (Å²) in [6.07, 6.45) is 2.01. The van der Waals surface area contributed by atoms with Crippen molar-refractivity contribution in [2.24, 2.45) is 0 Å². The highest BCUT2D eigenvalue weighted by Crippen LogP contribution is 2.36. The van der Waals surface area contributed by atoms with Gasteiger partial charge in [0.2, 0.25) is 16.9 Å². The molecule has 1 unspecified atom stereocenters. The first-order valence-electron chi connectivity index (χ1n) is 8.69. The summed E-state index contributed by atoms with van der Waals surface area (Å²) in [5, 5.41) is 11.5. The van der Waals surface area contributed by atoms with E-state index >= 15 is 0 Å². The molecule has 27 heavy (non-hydrogen) atoms. The third kappa shape index (κ3) is 4.98. The van der Waals surface area contributed by atoms with E-state index in [1.165, 1.54) is 23.1 Å². The molecule has 1 N–H and O–H groups in total. The maximum Gasteiger partial charge on any atom is 0.233 e. The second-order valence-electron chi connectivity index (χ2n) is 6.26. The van der Waals surface area contributed by atoms with Crippen molar-refractivity contribution in [1.82, 2.24) is 15.5 Å². The average molecular weight is 407 g/mol. The molecule has 0 spiro atoms. The number of carbonyl (C=O) groups is 2. The molecule has 1 heterocycles. The molecule has 0 bridgehead atoms. The van der Waals surface area contributed by atoms with Crippen LogP contribution in [0, 0.1) is 0 Å². The van der Waals surface area contributed by atoms with Crippen LogP contribution in [0.1, 0.15) is 32.3 Å². The number of para-hydroxylation sites is 1. The van der Waals surface area contributed by atoms with Crippen LogP contribution < -0.4 is 15.0 Å². The minimum Gasteiger partial charge on any atom is -0.496 e. The summed E-state index contributed by atoms with van der Waals surface area (Å²) in [6, 6.07) is 7.83. The SMILES string of the molecule is COc1ccccc1CNC(=O)C(C)Sc1nnc(N(C(C)=O)C2CC2)s1. The maximum absolute atomic E-state index is 12.4. The molecule has 144 valence electrons. The number of carbonyl (C=O) groups excluding carboxylic acids is 2. The van der Waals surface area contributed by atoms with Crippen LogP contribution in [0.5, 0.6) is 5.75 Å². The maximum atomic E-state index is 12.4. The van der Waals surface area contributed by atoms with Crippen LogP contribution in [-0.4, -0.2) is 40.4 Å². The van der Waals surface area contributed by atoms with Crippen molar-refractivity contribution in [3.8, 4) is 5.75 Å². The normalized spacial score (nSPS) is 14.5. The number of benzene rings is 1. The Labute approximate surface area is 166 Å². The summed E-state index contributed by atoms with van der Waals surface area (Å²) in [6.45, 7) is 3.77. The number of aromatic nitrogens is 2. The zero-order chi connectivity index (χ0) is 19.4. The Morgan fingerprint density at radius 1 is 1.37 bits per heavy atom. The lowest BCUT2D eigenvalue weighted by molar-refractivity contribution is -0.120. The molecule has 7 nitrogen and oxygen atoms in total. The fourth-order valence-electron chi connectivity index (χ4n) is 2.61. The predicted molar refractivity (Wildman–Crippen MR) is 106 cm³/mol. The number of nitrogens with zero attached hydrogens (tertiary/aromatic N) is 3. The van der Waals surface area contributed by atoms with Crippen LogP contribution in [0.25, 0.3) is 0 Å². The fourth-order valence-corrected chi connectivity index (χ4v) is 4.73. The highest BCUT2D eigenvalue weighted by atomic mass is 32.2. The molecule has 0 radical (unpaired) electrons. The summed E-state index contributed by atoms with van der Waals surface area (Å²) in [7, 11) is 1.61. The number of methoxy groups -OCH3 is 1. The lowest BCUT2D eigenvalue weighted by Crippen LogP contribution is -2.30. The largest absolute Gasteiger partial charge is 0.496 e. The van der Waals surface area contributed by atoms with E-state index in [1.54, 1.807) is 18.9 Å². The van der Waals surface area contributed by atoms with Crippen molar-refractivity contribution < 1.29 is 14.3 Å². The van der Waals surface area contributed by atoms with Gasteiger partial charge in [-0.15, -0.1) is 10.2 Å². The Balaban J connectivity index is 1.56. The van der Waals surface area contributed by atoms with Gasteiger partial charge in [-0.3, -0.25) is 14.5 Å². The van der Waals surface area contributed by atoms with Crippen molar-refractivity contribution in [2.45, 2.75) is 48.9 Å². The van der Waals surface area contributed by atoms with E-state index in [0.717, 1.165) is 24.2 Å². The van der Waals surface area contributed by atoms with E-state index in [1.807, 2.05) is 31.2 Å². The number of thioether (sulfide) groups is 1. The second kappa shape index (κ2) is 8.71. The molecule has 1 fully saturated rings. The summed E-state index contributed by atoms with van der Waals surface area (Å²) in [4.78, 5) is 25.9. The van der Waals surface area contributed by atoms with Gasteiger partial charge in [-0.25, -0.2) is 0 Å². The average Bonchev–Trinajstić information content (AvgIpc) is 3.38. The molecule has 2 amide bonds. The first kappa shape index (κ1) is 19.6. The van der Waals surface area contributed by atoms with E-state index in [2.05, 4.69) is 15.5 Å². The third-order valence-corrected chi connectivity index (χ3v) is 6.25. The van der Waals surface area contributed by atoms with E-state index in [9.17, 15) is 9.59 Å². The van der Waals surface area contributed by atoms with Crippen LogP contribution in [0.3, 0.4) is 0 Å².